The van der Waals surface area contributed by atoms with E-state index < -0.39 is 0 Å². The van der Waals surface area contributed by atoms with E-state index in [2.05, 4.69) is 36.2 Å². The number of methoxy groups -OCH3 is 1. The smallest absolute Gasteiger partial charge is 0.169 e. The Morgan fingerprint density at radius 2 is 2.06 bits per heavy atom. The highest BCUT2D eigenvalue weighted by Gasteiger charge is 2.10. The second-order valence-corrected chi connectivity index (χ2v) is 4.69. The number of benzene rings is 1. The fraction of sp³-hybridized carbons (Fsp3) is 0.500. The van der Waals surface area contributed by atoms with Gasteiger partial charge < -0.3 is 15.0 Å². The number of thiocarbonyl (C=S) groups is 1. The van der Waals surface area contributed by atoms with Gasteiger partial charge in [0.25, 0.3) is 0 Å². The van der Waals surface area contributed by atoms with Crippen LogP contribution in [0.15, 0.2) is 30.3 Å². The molecule has 0 amide bonds. The molecular weight excluding hydrogens is 244 g/mol. The van der Waals surface area contributed by atoms with Crippen LogP contribution in [0.1, 0.15) is 19.4 Å². The predicted molar refractivity (Wildman–Crippen MR) is 79.6 cm³/mol. The predicted octanol–water partition coefficient (Wildman–Crippen LogP) is 2.42. The third-order valence-electron chi connectivity index (χ3n) is 2.67. The molecule has 1 aromatic carbocycles. The lowest BCUT2D eigenvalue weighted by Gasteiger charge is -2.26. The molecule has 0 aliphatic heterocycles. The van der Waals surface area contributed by atoms with Crippen LogP contribution in [-0.4, -0.2) is 36.3 Å². The third kappa shape index (κ3) is 5.02. The van der Waals surface area contributed by atoms with Gasteiger partial charge in [-0.3, -0.25) is 0 Å². The summed E-state index contributed by atoms with van der Waals surface area (Å²) in [5.41, 5.74) is 1.27. The summed E-state index contributed by atoms with van der Waals surface area (Å²) in [6.07, 6.45) is 0. The first kappa shape index (κ1) is 14.9. The van der Waals surface area contributed by atoms with Gasteiger partial charge in [-0.25, -0.2) is 0 Å². The lowest BCUT2D eigenvalue weighted by Crippen LogP contribution is -2.44. The van der Waals surface area contributed by atoms with Crippen molar-refractivity contribution in [1.29, 1.82) is 0 Å². The number of rotatable bonds is 6. The van der Waals surface area contributed by atoms with Crippen LogP contribution in [0.3, 0.4) is 0 Å². The minimum atomic E-state index is 0.229. The first-order valence-corrected chi connectivity index (χ1v) is 6.66. The van der Waals surface area contributed by atoms with Crippen molar-refractivity contribution in [3.05, 3.63) is 35.9 Å². The maximum Gasteiger partial charge on any atom is 0.169 e. The van der Waals surface area contributed by atoms with Gasteiger partial charge in [-0.2, -0.15) is 0 Å². The lowest BCUT2D eigenvalue weighted by molar-refractivity contribution is 0.178. The van der Waals surface area contributed by atoms with Crippen molar-refractivity contribution in [3.63, 3.8) is 0 Å². The molecule has 0 aromatic heterocycles. The summed E-state index contributed by atoms with van der Waals surface area (Å²) in [5.74, 6) is 0. The molecule has 18 heavy (non-hydrogen) atoms. The molecule has 0 spiro atoms. The number of nitrogens with zero attached hydrogens (tertiary/aromatic N) is 1. The molecule has 100 valence electrons. The Hall–Kier alpha value is -1.13. The number of hydrogen-bond donors (Lipinski definition) is 1. The fourth-order valence-electron chi connectivity index (χ4n) is 1.72. The maximum atomic E-state index is 5.42. The standard InChI is InChI=1S/C14H22N2OS/c1-4-16(10-13-8-6-5-7-9-13)14(18)15-12(2)11-17-3/h5-9,12H,4,10-11H2,1-3H3,(H,15,18). The summed E-state index contributed by atoms with van der Waals surface area (Å²) in [6.45, 7) is 6.55. The van der Waals surface area contributed by atoms with Crippen LogP contribution in [0, 0.1) is 0 Å². The van der Waals surface area contributed by atoms with E-state index in [0.29, 0.717) is 6.61 Å². The van der Waals surface area contributed by atoms with Crippen molar-refractivity contribution in [2.24, 2.45) is 0 Å². The van der Waals surface area contributed by atoms with Gasteiger partial charge in [0.15, 0.2) is 5.11 Å². The number of hydrogen-bond acceptors (Lipinski definition) is 2. The van der Waals surface area contributed by atoms with Gasteiger partial charge in [0.05, 0.1) is 6.61 Å². The van der Waals surface area contributed by atoms with Gasteiger partial charge in [-0.15, -0.1) is 0 Å². The second kappa shape index (κ2) is 8.06. The van der Waals surface area contributed by atoms with Crippen LogP contribution in [0.4, 0.5) is 0 Å². The molecule has 1 atom stereocenters. The van der Waals surface area contributed by atoms with Crippen molar-refractivity contribution in [1.82, 2.24) is 10.2 Å². The zero-order chi connectivity index (χ0) is 13.4. The van der Waals surface area contributed by atoms with Crippen LogP contribution in [0.25, 0.3) is 0 Å². The van der Waals surface area contributed by atoms with E-state index in [-0.39, 0.29) is 6.04 Å². The van der Waals surface area contributed by atoms with E-state index in [4.69, 9.17) is 17.0 Å². The molecule has 0 aliphatic rings. The van der Waals surface area contributed by atoms with Gasteiger partial charge in [0.1, 0.15) is 0 Å². The van der Waals surface area contributed by atoms with Crippen LogP contribution < -0.4 is 5.32 Å². The summed E-state index contributed by atoms with van der Waals surface area (Å²) in [7, 11) is 1.70. The molecule has 3 nitrogen and oxygen atoms in total. The van der Waals surface area contributed by atoms with E-state index in [9.17, 15) is 0 Å². The van der Waals surface area contributed by atoms with Gasteiger partial charge in [0, 0.05) is 26.2 Å². The number of ether oxygens (including phenoxy) is 1. The van der Waals surface area contributed by atoms with E-state index >= 15 is 0 Å². The minimum absolute atomic E-state index is 0.229. The highest BCUT2D eigenvalue weighted by Crippen LogP contribution is 2.04. The molecule has 0 heterocycles. The van der Waals surface area contributed by atoms with E-state index in [0.717, 1.165) is 18.2 Å². The van der Waals surface area contributed by atoms with Crippen LogP contribution in [0.5, 0.6) is 0 Å². The Balaban J connectivity index is 2.52. The SMILES string of the molecule is CCN(Cc1ccccc1)C(=S)NC(C)COC. The summed E-state index contributed by atoms with van der Waals surface area (Å²) < 4.78 is 5.10. The van der Waals surface area contributed by atoms with Crippen molar-refractivity contribution in [2.45, 2.75) is 26.4 Å². The Kier molecular flexibility index (Phi) is 6.68. The van der Waals surface area contributed by atoms with Crippen LogP contribution in [0.2, 0.25) is 0 Å². The van der Waals surface area contributed by atoms with Crippen molar-refractivity contribution < 1.29 is 4.74 Å². The molecule has 1 rings (SSSR count). The van der Waals surface area contributed by atoms with Crippen molar-refractivity contribution in [2.75, 3.05) is 20.3 Å². The average Bonchev–Trinajstić information content (AvgIpc) is 2.37. The van der Waals surface area contributed by atoms with Crippen LogP contribution in [-0.2, 0) is 11.3 Å². The molecule has 0 fully saturated rings. The van der Waals surface area contributed by atoms with Crippen molar-refractivity contribution >= 4 is 17.3 Å². The number of nitrogens with one attached hydrogen (secondary N) is 1. The molecule has 0 saturated heterocycles. The molecule has 0 bridgehead atoms. The average molecular weight is 266 g/mol. The molecule has 0 radical (unpaired) electrons. The van der Waals surface area contributed by atoms with Crippen molar-refractivity contribution in [3.8, 4) is 0 Å². The van der Waals surface area contributed by atoms with E-state index in [1.165, 1.54) is 5.56 Å². The molecule has 0 aliphatic carbocycles. The Labute approximate surface area is 115 Å². The van der Waals surface area contributed by atoms with E-state index in [1.54, 1.807) is 7.11 Å². The molecule has 1 N–H and O–H groups in total. The largest absolute Gasteiger partial charge is 0.383 e. The summed E-state index contributed by atoms with van der Waals surface area (Å²) >= 11 is 5.42. The second-order valence-electron chi connectivity index (χ2n) is 4.31. The van der Waals surface area contributed by atoms with Crippen LogP contribution >= 0.6 is 12.2 Å². The maximum absolute atomic E-state index is 5.42. The zero-order valence-corrected chi connectivity index (χ0v) is 12.2. The molecule has 1 aromatic rings. The highest BCUT2D eigenvalue weighted by atomic mass is 32.1. The normalized spacial score (nSPS) is 11.9. The van der Waals surface area contributed by atoms with E-state index in [1.807, 2.05) is 18.2 Å². The summed E-state index contributed by atoms with van der Waals surface area (Å²) in [4.78, 5) is 2.15. The summed E-state index contributed by atoms with van der Waals surface area (Å²) in [6, 6.07) is 10.6. The molecule has 0 saturated carbocycles. The monoisotopic (exact) mass is 266 g/mol. The lowest BCUT2D eigenvalue weighted by atomic mass is 10.2. The fourth-order valence-corrected chi connectivity index (χ4v) is 2.12. The van der Waals surface area contributed by atoms with Gasteiger partial charge in [-0.1, -0.05) is 30.3 Å². The topological polar surface area (TPSA) is 24.5 Å². The third-order valence-corrected chi connectivity index (χ3v) is 3.05. The molecule has 4 heteroatoms. The highest BCUT2D eigenvalue weighted by molar-refractivity contribution is 7.80. The van der Waals surface area contributed by atoms with Gasteiger partial charge in [0.2, 0.25) is 0 Å². The summed E-state index contributed by atoms with van der Waals surface area (Å²) in [5, 5.41) is 4.07. The Morgan fingerprint density at radius 3 is 2.61 bits per heavy atom. The van der Waals surface area contributed by atoms with Gasteiger partial charge >= 0.3 is 0 Å². The molecular formula is C14H22N2OS. The molecule has 1 unspecified atom stereocenters. The quantitative estimate of drug-likeness (QED) is 0.799. The zero-order valence-electron chi connectivity index (χ0n) is 11.3. The van der Waals surface area contributed by atoms with Gasteiger partial charge in [-0.05, 0) is 31.6 Å². The first-order valence-electron chi connectivity index (χ1n) is 6.25. The first-order chi connectivity index (χ1) is 8.67. The Bertz CT molecular complexity index is 356. The Morgan fingerprint density at radius 1 is 1.39 bits per heavy atom. The minimum Gasteiger partial charge on any atom is -0.383 e.